The normalized spacial score (nSPS) is 17.8. The van der Waals surface area contributed by atoms with Crippen molar-refractivity contribution in [2.45, 2.75) is 30.8 Å². The molecule has 5 heteroatoms. The van der Waals surface area contributed by atoms with E-state index >= 15 is 0 Å². The average Bonchev–Trinajstić information content (AvgIpc) is 2.85. The zero-order valence-corrected chi connectivity index (χ0v) is 19.5. The van der Waals surface area contributed by atoms with Gasteiger partial charge in [0, 0.05) is 35.6 Å². The number of rotatable bonds is 9. The summed E-state index contributed by atoms with van der Waals surface area (Å²) >= 11 is 0. The van der Waals surface area contributed by atoms with Crippen LogP contribution in [-0.4, -0.2) is 37.5 Å². The monoisotopic (exact) mass is 458 g/mol. The summed E-state index contributed by atoms with van der Waals surface area (Å²) in [5, 5.41) is 10.1. The Hall–Kier alpha value is -3.41. The zero-order valence-electron chi connectivity index (χ0n) is 19.5. The molecule has 1 aliphatic carbocycles. The maximum Gasteiger partial charge on any atom is 0.188 e. The molecule has 1 aliphatic heterocycles. The topological polar surface area (TPSA) is 65.0 Å². The van der Waals surface area contributed by atoms with Gasteiger partial charge in [0.15, 0.2) is 12.6 Å². The van der Waals surface area contributed by atoms with Gasteiger partial charge in [-0.15, -0.1) is 13.2 Å². The summed E-state index contributed by atoms with van der Waals surface area (Å²) in [4.78, 5) is 12.0. The summed E-state index contributed by atoms with van der Waals surface area (Å²) in [7, 11) is 1.58. The van der Waals surface area contributed by atoms with Crippen LogP contribution in [0.3, 0.4) is 0 Å². The fraction of sp³-hybridized carbons (Fsp3) is 0.276. The van der Waals surface area contributed by atoms with Gasteiger partial charge in [0.2, 0.25) is 0 Å². The van der Waals surface area contributed by atoms with Gasteiger partial charge in [-0.1, -0.05) is 36.4 Å². The Morgan fingerprint density at radius 1 is 1.09 bits per heavy atom. The fourth-order valence-electron chi connectivity index (χ4n) is 4.66. The van der Waals surface area contributed by atoms with Crippen molar-refractivity contribution in [1.82, 2.24) is 0 Å². The zero-order chi connectivity index (χ0) is 24.1. The molecule has 1 atom stereocenters. The van der Waals surface area contributed by atoms with Gasteiger partial charge in [-0.3, -0.25) is 4.79 Å². The number of allylic oxidation sites excluding steroid dienone is 6. The minimum absolute atomic E-state index is 0.0472. The van der Waals surface area contributed by atoms with Crippen LogP contribution in [0.1, 0.15) is 23.1 Å². The Labute approximate surface area is 200 Å². The predicted octanol–water partition coefficient (Wildman–Crippen LogP) is 4.87. The molecule has 2 aliphatic rings. The summed E-state index contributed by atoms with van der Waals surface area (Å²) in [6, 6.07) is 10.2. The number of aliphatic hydroxyl groups is 1. The van der Waals surface area contributed by atoms with Gasteiger partial charge in [0.1, 0.15) is 17.6 Å². The molecule has 0 aromatic heterocycles. The molecule has 5 nitrogen and oxygen atoms in total. The van der Waals surface area contributed by atoms with Gasteiger partial charge in [0.25, 0.3) is 0 Å². The molecular weight excluding hydrogens is 428 g/mol. The largest absolute Gasteiger partial charge is 0.487 e. The number of carbonyl (C=O) groups is 1. The highest BCUT2D eigenvalue weighted by molar-refractivity contribution is 6.01. The summed E-state index contributed by atoms with van der Waals surface area (Å²) in [6.45, 7) is 7.76. The van der Waals surface area contributed by atoms with E-state index in [2.05, 4.69) is 31.4 Å². The van der Waals surface area contributed by atoms with Gasteiger partial charge in [-0.2, -0.15) is 0 Å². The van der Waals surface area contributed by atoms with E-state index in [4.69, 9.17) is 14.2 Å². The maximum atomic E-state index is 12.0. The lowest BCUT2D eigenvalue weighted by Gasteiger charge is -2.40. The Kier molecular flexibility index (Phi) is 7.15. The lowest BCUT2D eigenvalue weighted by Crippen LogP contribution is -2.39. The van der Waals surface area contributed by atoms with Crippen molar-refractivity contribution in [3.05, 3.63) is 96.6 Å². The summed E-state index contributed by atoms with van der Waals surface area (Å²) in [6.07, 6.45) is 12.3. The molecule has 1 N–H and O–H groups in total. The van der Waals surface area contributed by atoms with E-state index in [-0.39, 0.29) is 19.2 Å². The predicted molar refractivity (Wildman–Crippen MR) is 133 cm³/mol. The number of benzene rings is 2. The van der Waals surface area contributed by atoms with Crippen LogP contribution in [0.2, 0.25) is 0 Å². The SMILES string of the molecule is C=CCc1ccc(OCOC)c(-c2cc(CC=C)cc3c2OC(CO)CC32C=CC(=O)C=C2)c1. The number of ketones is 1. The van der Waals surface area contributed by atoms with Gasteiger partial charge < -0.3 is 19.3 Å². The smallest absolute Gasteiger partial charge is 0.188 e. The number of hydrogen-bond donors (Lipinski definition) is 1. The molecule has 176 valence electrons. The van der Waals surface area contributed by atoms with Crippen LogP contribution in [0, 0.1) is 0 Å². The summed E-state index contributed by atoms with van der Waals surface area (Å²) in [5.41, 5.74) is 4.30. The van der Waals surface area contributed by atoms with E-state index < -0.39 is 11.5 Å². The van der Waals surface area contributed by atoms with Crippen molar-refractivity contribution in [1.29, 1.82) is 0 Å². The van der Waals surface area contributed by atoms with Crippen molar-refractivity contribution >= 4 is 5.78 Å². The highest BCUT2D eigenvalue weighted by atomic mass is 16.7. The minimum Gasteiger partial charge on any atom is -0.487 e. The van der Waals surface area contributed by atoms with Crippen molar-refractivity contribution in [3.8, 4) is 22.6 Å². The number of fused-ring (bicyclic) bond motifs is 2. The van der Waals surface area contributed by atoms with Crippen LogP contribution in [0.25, 0.3) is 11.1 Å². The molecule has 0 fully saturated rings. The van der Waals surface area contributed by atoms with Gasteiger partial charge >= 0.3 is 0 Å². The third-order valence-corrected chi connectivity index (χ3v) is 6.22. The standard InChI is InChI=1S/C29H30O5/c1-4-6-20-8-9-27(33-19-32-3)24(14-20)25-15-21(7-5-2)16-26-28(25)34-23(18-30)17-29(26)12-10-22(31)11-13-29/h4-5,8-16,23,30H,1-2,6-7,17-19H2,3H3. The molecule has 2 aromatic carbocycles. The van der Waals surface area contributed by atoms with E-state index in [1.165, 1.54) is 0 Å². The maximum absolute atomic E-state index is 12.0. The minimum atomic E-state index is -0.549. The Bertz CT molecular complexity index is 1140. The van der Waals surface area contributed by atoms with Gasteiger partial charge in [-0.05, 0) is 54.3 Å². The molecule has 0 radical (unpaired) electrons. The first-order chi connectivity index (χ1) is 16.5. The highest BCUT2D eigenvalue weighted by Crippen LogP contribution is 2.50. The van der Waals surface area contributed by atoms with E-state index in [9.17, 15) is 9.90 Å². The van der Waals surface area contributed by atoms with Crippen LogP contribution in [0.5, 0.6) is 11.5 Å². The Balaban J connectivity index is 1.99. The molecule has 1 spiro atoms. The third-order valence-electron chi connectivity index (χ3n) is 6.22. The lowest BCUT2D eigenvalue weighted by molar-refractivity contribution is -0.110. The highest BCUT2D eigenvalue weighted by Gasteiger charge is 2.41. The summed E-state index contributed by atoms with van der Waals surface area (Å²) < 4.78 is 17.5. The van der Waals surface area contributed by atoms with Crippen molar-refractivity contribution in [2.24, 2.45) is 0 Å². The first-order valence-electron chi connectivity index (χ1n) is 11.4. The first kappa shape index (κ1) is 23.7. The van der Waals surface area contributed by atoms with Crippen molar-refractivity contribution in [3.63, 3.8) is 0 Å². The molecular formula is C29H30O5. The van der Waals surface area contributed by atoms with Crippen LogP contribution in [0.4, 0.5) is 0 Å². The van der Waals surface area contributed by atoms with E-state index in [0.717, 1.165) is 27.8 Å². The first-order valence-corrected chi connectivity index (χ1v) is 11.4. The number of ether oxygens (including phenoxy) is 3. The molecule has 1 unspecified atom stereocenters. The van der Waals surface area contributed by atoms with Crippen molar-refractivity contribution in [2.75, 3.05) is 20.5 Å². The van der Waals surface area contributed by atoms with Crippen LogP contribution >= 0.6 is 0 Å². The quantitative estimate of drug-likeness (QED) is 0.429. The Morgan fingerprint density at radius 3 is 2.47 bits per heavy atom. The van der Waals surface area contributed by atoms with Gasteiger partial charge in [-0.25, -0.2) is 0 Å². The molecule has 2 aromatic rings. The lowest BCUT2D eigenvalue weighted by atomic mass is 9.70. The number of carbonyl (C=O) groups excluding carboxylic acids is 1. The van der Waals surface area contributed by atoms with Crippen LogP contribution < -0.4 is 9.47 Å². The second-order valence-electron chi connectivity index (χ2n) is 8.62. The average molecular weight is 459 g/mol. The number of methoxy groups -OCH3 is 1. The van der Waals surface area contributed by atoms with Crippen LogP contribution in [-0.2, 0) is 27.8 Å². The van der Waals surface area contributed by atoms with Gasteiger partial charge in [0.05, 0.1) is 6.61 Å². The molecule has 34 heavy (non-hydrogen) atoms. The second-order valence-corrected chi connectivity index (χ2v) is 8.62. The number of hydrogen-bond acceptors (Lipinski definition) is 5. The molecule has 0 saturated carbocycles. The number of aliphatic hydroxyl groups excluding tert-OH is 1. The van der Waals surface area contributed by atoms with Crippen molar-refractivity contribution < 1.29 is 24.1 Å². The summed E-state index contributed by atoms with van der Waals surface area (Å²) in [5.74, 6) is 1.30. The fourth-order valence-corrected chi connectivity index (χ4v) is 4.66. The van der Waals surface area contributed by atoms with Crippen LogP contribution in [0.15, 0.2) is 79.9 Å². The molecule has 1 heterocycles. The molecule has 4 rings (SSSR count). The molecule has 0 amide bonds. The molecule has 0 saturated heterocycles. The Morgan fingerprint density at radius 2 is 1.79 bits per heavy atom. The van der Waals surface area contributed by atoms with E-state index in [0.29, 0.717) is 30.8 Å². The van der Waals surface area contributed by atoms with E-state index in [1.54, 1.807) is 19.3 Å². The van der Waals surface area contributed by atoms with E-state index in [1.807, 2.05) is 36.4 Å². The second kappa shape index (κ2) is 10.2. The third kappa shape index (κ3) is 4.63. The molecule has 0 bridgehead atoms.